The molecule has 2 aromatic rings. The molecular weight excluding hydrogens is 310 g/mol. The van der Waals surface area contributed by atoms with E-state index in [1.165, 1.54) is 0 Å². The number of likely N-dealkylation sites (N-methyl/N-ethyl adjacent to an activating group) is 1. The van der Waals surface area contributed by atoms with Crippen molar-refractivity contribution in [1.29, 1.82) is 0 Å². The van der Waals surface area contributed by atoms with Gasteiger partial charge in [-0.2, -0.15) is 0 Å². The van der Waals surface area contributed by atoms with Crippen molar-refractivity contribution in [3.05, 3.63) is 65.2 Å². The lowest BCUT2D eigenvalue weighted by atomic mass is 10.0. The number of nitrogens with zero attached hydrogens (tertiary/aromatic N) is 1. The molecule has 0 aliphatic rings. The molecule has 0 saturated carbocycles. The molecule has 0 heterocycles. The molecule has 1 amide bonds. The molecule has 0 unspecified atom stereocenters. The fraction of sp³-hybridized carbons (Fsp3) is 0.409. The number of carbonyl (C=O) groups is 1. The Labute approximate surface area is 151 Å². The molecular formula is C22H29NO2. The van der Waals surface area contributed by atoms with Crippen LogP contribution in [-0.4, -0.2) is 23.5 Å². The van der Waals surface area contributed by atoms with Crippen LogP contribution in [0, 0.1) is 6.92 Å². The molecule has 0 spiro atoms. The zero-order valence-corrected chi connectivity index (χ0v) is 16.0. The lowest BCUT2D eigenvalue weighted by Crippen LogP contribution is -2.40. The number of aryl methyl sites for hydroxylation is 1. The summed E-state index contributed by atoms with van der Waals surface area (Å²) in [5, 5.41) is 0. The van der Waals surface area contributed by atoms with E-state index in [0.717, 1.165) is 22.4 Å². The van der Waals surface area contributed by atoms with Crippen molar-refractivity contribution in [3.8, 4) is 5.75 Å². The molecule has 0 N–H and O–H groups in total. The fourth-order valence-electron chi connectivity index (χ4n) is 2.87. The predicted molar refractivity (Wildman–Crippen MR) is 103 cm³/mol. The molecule has 3 heteroatoms. The smallest absolute Gasteiger partial charge is 0.263 e. The van der Waals surface area contributed by atoms with E-state index in [-0.39, 0.29) is 5.91 Å². The fourth-order valence-corrected chi connectivity index (χ4v) is 2.87. The highest BCUT2D eigenvalue weighted by atomic mass is 16.5. The van der Waals surface area contributed by atoms with E-state index >= 15 is 0 Å². The molecule has 3 nitrogen and oxygen atoms in total. The van der Waals surface area contributed by atoms with Gasteiger partial charge in [-0.05, 0) is 49.4 Å². The molecule has 0 aromatic heterocycles. The molecule has 1 atom stereocenters. The summed E-state index contributed by atoms with van der Waals surface area (Å²) in [6.45, 7) is 11.4. The normalized spacial score (nSPS) is 12.1. The van der Waals surface area contributed by atoms with Gasteiger partial charge in [-0.25, -0.2) is 0 Å². The summed E-state index contributed by atoms with van der Waals surface area (Å²) in [6, 6.07) is 16.3. The maximum atomic E-state index is 12.8. The first-order chi connectivity index (χ1) is 11.9. The van der Waals surface area contributed by atoms with Crippen molar-refractivity contribution < 1.29 is 9.53 Å². The van der Waals surface area contributed by atoms with Crippen LogP contribution in [0.25, 0.3) is 0 Å². The maximum Gasteiger partial charge on any atom is 0.263 e. The Hall–Kier alpha value is -2.29. The third kappa shape index (κ3) is 5.09. The van der Waals surface area contributed by atoms with Gasteiger partial charge in [0.05, 0.1) is 0 Å². The lowest BCUT2D eigenvalue weighted by molar-refractivity contribution is -0.138. The molecule has 134 valence electrons. The Morgan fingerprint density at radius 3 is 2.36 bits per heavy atom. The van der Waals surface area contributed by atoms with Gasteiger partial charge in [-0.3, -0.25) is 4.79 Å². The van der Waals surface area contributed by atoms with E-state index < -0.39 is 6.10 Å². The van der Waals surface area contributed by atoms with E-state index in [0.29, 0.717) is 19.0 Å². The summed E-state index contributed by atoms with van der Waals surface area (Å²) in [4.78, 5) is 14.7. The second kappa shape index (κ2) is 8.70. The van der Waals surface area contributed by atoms with E-state index in [4.69, 9.17) is 4.74 Å². The van der Waals surface area contributed by atoms with Crippen molar-refractivity contribution in [3.63, 3.8) is 0 Å². The predicted octanol–water partition coefficient (Wildman–Crippen LogP) is 4.93. The number of amides is 1. The van der Waals surface area contributed by atoms with Crippen LogP contribution in [0.1, 0.15) is 50.3 Å². The highest BCUT2D eigenvalue weighted by molar-refractivity contribution is 5.81. The zero-order chi connectivity index (χ0) is 18.4. The van der Waals surface area contributed by atoms with E-state index in [2.05, 4.69) is 26.0 Å². The van der Waals surface area contributed by atoms with Crippen LogP contribution in [0.4, 0.5) is 0 Å². The maximum absolute atomic E-state index is 12.8. The molecule has 2 rings (SSSR count). The Kier molecular flexibility index (Phi) is 6.63. The Bertz CT molecular complexity index is 694. The molecule has 0 radical (unpaired) electrons. The van der Waals surface area contributed by atoms with Gasteiger partial charge < -0.3 is 9.64 Å². The minimum Gasteiger partial charge on any atom is -0.481 e. The monoisotopic (exact) mass is 339 g/mol. The number of hydrogen-bond donors (Lipinski definition) is 0. The third-order valence-corrected chi connectivity index (χ3v) is 4.35. The highest BCUT2D eigenvalue weighted by Crippen LogP contribution is 2.28. The molecule has 0 aliphatic heterocycles. The van der Waals surface area contributed by atoms with Crippen LogP contribution in [0.3, 0.4) is 0 Å². The van der Waals surface area contributed by atoms with Gasteiger partial charge in [0.2, 0.25) is 0 Å². The quantitative estimate of drug-likeness (QED) is 0.715. The summed E-state index contributed by atoms with van der Waals surface area (Å²) >= 11 is 0. The Morgan fingerprint density at radius 2 is 1.76 bits per heavy atom. The molecule has 25 heavy (non-hydrogen) atoms. The van der Waals surface area contributed by atoms with Gasteiger partial charge in [-0.1, -0.05) is 56.3 Å². The summed E-state index contributed by atoms with van der Waals surface area (Å²) in [5.74, 6) is 1.18. The topological polar surface area (TPSA) is 29.5 Å². The van der Waals surface area contributed by atoms with E-state index in [1.807, 2.05) is 62.1 Å². The number of benzene rings is 2. The molecule has 2 aromatic carbocycles. The van der Waals surface area contributed by atoms with Gasteiger partial charge in [0.25, 0.3) is 5.91 Å². The molecule has 0 aliphatic carbocycles. The van der Waals surface area contributed by atoms with Crippen LogP contribution in [0.5, 0.6) is 5.75 Å². The number of rotatable bonds is 7. The summed E-state index contributed by atoms with van der Waals surface area (Å²) in [7, 11) is 0. The Morgan fingerprint density at radius 1 is 1.08 bits per heavy atom. The zero-order valence-electron chi connectivity index (χ0n) is 16.0. The first-order valence-corrected chi connectivity index (χ1v) is 9.02. The van der Waals surface area contributed by atoms with Crippen LogP contribution in [-0.2, 0) is 11.3 Å². The van der Waals surface area contributed by atoms with Gasteiger partial charge in [0.1, 0.15) is 5.75 Å². The summed E-state index contributed by atoms with van der Waals surface area (Å²) in [5.41, 5.74) is 3.40. The minimum atomic E-state index is -0.511. The highest BCUT2D eigenvalue weighted by Gasteiger charge is 2.22. The second-order valence-corrected chi connectivity index (χ2v) is 6.79. The molecule has 0 bridgehead atoms. The average molecular weight is 339 g/mol. The van der Waals surface area contributed by atoms with Gasteiger partial charge in [-0.15, -0.1) is 0 Å². The van der Waals surface area contributed by atoms with Crippen LogP contribution < -0.4 is 4.74 Å². The van der Waals surface area contributed by atoms with Crippen molar-refractivity contribution in [2.24, 2.45) is 0 Å². The first-order valence-electron chi connectivity index (χ1n) is 9.02. The second-order valence-electron chi connectivity index (χ2n) is 6.79. The minimum absolute atomic E-state index is 0.0163. The van der Waals surface area contributed by atoms with E-state index in [9.17, 15) is 4.79 Å². The van der Waals surface area contributed by atoms with Gasteiger partial charge >= 0.3 is 0 Å². The van der Waals surface area contributed by atoms with Gasteiger partial charge in [0, 0.05) is 13.1 Å². The number of carbonyl (C=O) groups excluding carboxylic acids is 1. The van der Waals surface area contributed by atoms with Crippen LogP contribution in [0.2, 0.25) is 0 Å². The molecule has 0 fully saturated rings. The number of ether oxygens (including phenoxy) is 1. The van der Waals surface area contributed by atoms with Crippen molar-refractivity contribution in [2.45, 2.75) is 53.2 Å². The summed E-state index contributed by atoms with van der Waals surface area (Å²) < 4.78 is 6.08. The number of hydrogen-bond acceptors (Lipinski definition) is 2. The summed E-state index contributed by atoms with van der Waals surface area (Å²) in [6.07, 6.45) is -0.511. The SMILES string of the molecule is CCN(Cc1ccccc1)C(=O)[C@H](C)Oc1cc(C)ccc1C(C)C. The largest absolute Gasteiger partial charge is 0.481 e. The van der Waals surface area contributed by atoms with Crippen LogP contribution >= 0.6 is 0 Å². The average Bonchev–Trinajstić information content (AvgIpc) is 2.59. The van der Waals surface area contributed by atoms with Gasteiger partial charge in [0.15, 0.2) is 6.10 Å². The van der Waals surface area contributed by atoms with Crippen molar-refractivity contribution in [2.75, 3.05) is 6.54 Å². The lowest BCUT2D eigenvalue weighted by Gasteiger charge is -2.26. The van der Waals surface area contributed by atoms with Crippen LogP contribution in [0.15, 0.2) is 48.5 Å². The standard InChI is InChI=1S/C22H29NO2/c1-6-23(15-19-10-8-7-9-11-19)22(24)18(5)25-21-14-17(4)12-13-20(21)16(2)3/h7-14,16,18H,6,15H2,1-5H3/t18-/m0/s1. The molecule has 0 saturated heterocycles. The van der Waals surface area contributed by atoms with E-state index in [1.54, 1.807) is 0 Å². The van der Waals surface area contributed by atoms with Crippen molar-refractivity contribution in [1.82, 2.24) is 4.90 Å². The first kappa shape index (κ1) is 19.0. The Balaban J connectivity index is 2.12. The van der Waals surface area contributed by atoms with Crippen molar-refractivity contribution >= 4 is 5.91 Å². The third-order valence-electron chi connectivity index (χ3n) is 4.35.